The van der Waals surface area contributed by atoms with E-state index in [0.29, 0.717) is 18.2 Å². The number of aromatic nitrogens is 1. The molecule has 3 nitrogen and oxygen atoms in total. The van der Waals surface area contributed by atoms with Gasteiger partial charge >= 0.3 is 0 Å². The first-order valence-corrected chi connectivity index (χ1v) is 8.01. The minimum absolute atomic E-state index is 0.427. The summed E-state index contributed by atoms with van der Waals surface area (Å²) < 4.78 is 6.85. The SMILES string of the molecule is CCNCc1nc(C)ccc1OCc1ccc(Br)cc1Cl. The average molecular weight is 370 g/mol. The van der Waals surface area contributed by atoms with Gasteiger partial charge in [-0.1, -0.05) is 40.5 Å². The van der Waals surface area contributed by atoms with Gasteiger partial charge in [0.05, 0.1) is 5.69 Å². The molecule has 5 heteroatoms. The summed E-state index contributed by atoms with van der Waals surface area (Å²) in [5, 5.41) is 3.97. The van der Waals surface area contributed by atoms with E-state index in [9.17, 15) is 0 Å². The molecule has 1 aromatic heterocycles. The minimum Gasteiger partial charge on any atom is -0.487 e. The van der Waals surface area contributed by atoms with Gasteiger partial charge in [0.15, 0.2) is 0 Å². The summed E-state index contributed by atoms with van der Waals surface area (Å²) in [4.78, 5) is 4.53. The zero-order valence-corrected chi connectivity index (χ0v) is 14.5. The number of benzene rings is 1. The monoisotopic (exact) mass is 368 g/mol. The molecule has 0 unspecified atom stereocenters. The lowest BCUT2D eigenvalue weighted by Gasteiger charge is -2.12. The second-order valence-corrected chi connectivity index (χ2v) is 6.03. The number of ether oxygens (including phenoxy) is 1. The van der Waals surface area contributed by atoms with Crippen LogP contribution in [0.1, 0.15) is 23.9 Å². The summed E-state index contributed by atoms with van der Waals surface area (Å²) in [6.07, 6.45) is 0. The fraction of sp³-hybridized carbons (Fsp3) is 0.312. The largest absolute Gasteiger partial charge is 0.487 e. The first kappa shape index (κ1) is 16.3. The van der Waals surface area contributed by atoms with Crippen LogP contribution in [0.2, 0.25) is 5.02 Å². The van der Waals surface area contributed by atoms with E-state index in [4.69, 9.17) is 16.3 Å². The van der Waals surface area contributed by atoms with Crippen molar-refractivity contribution in [1.29, 1.82) is 0 Å². The molecule has 0 aliphatic heterocycles. The second kappa shape index (κ2) is 7.78. The van der Waals surface area contributed by atoms with Gasteiger partial charge in [-0.3, -0.25) is 4.98 Å². The van der Waals surface area contributed by atoms with Crippen LogP contribution in [-0.2, 0) is 13.2 Å². The van der Waals surface area contributed by atoms with Crippen LogP contribution in [0.25, 0.3) is 0 Å². The number of pyridine rings is 1. The topological polar surface area (TPSA) is 34.2 Å². The summed E-state index contributed by atoms with van der Waals surface area (Å²) in [7, 11) is 0. The normalized spacial score (nSPS) is 10.7. The standard InChI is InChI=1S/C16H18BrClN2O/c1-3-19-9-15-16(7-4-11(2)20-15)21-10-12-5-6-13(17)8-14(12)18/h4-8,19H,3,9-10H2,1-2H3. The third kappa shape index (κ3) is 4.70. The average Bonchev–Trinajstić information content (AvgIpc) is 2.45. The fourth-order valence-electron chi connectivity index (χ4n) is 1.89. The maximum atomic E-state index is 6.21. The molecule has 0 aliphatic carbocycles. The third-order valence-corrected chi connectivity index (χ3v) is 3.86. The van der Waals surface area contributed by atoms with Gasteiger partial charge in [0.2, 0.25) is 0 Å². The van der Waals surface area contributed by atoms with Crippen LogP contribution in [0.5, 0.6) is 5.75 Å². The number of nitrogens with zero attached hydrogens (tertiary/aromatic N) is 1. The van der Waals surface area contributed by atoms with E-state index in [1.165, 1.54) is 0 Å². The van der Waals surface area contributed by atoms with Crippen molar-refractivity contribution in [2.75, 3.05) is 6.54 Å². The molecule has 21 heavy (non-hydrogen) atoms. The molecule has 2 aromatic rings. The Kier molecular flexibility index (Phi) is 6.03. The highest BCUT2D eigenvalue weighted by Gasteiger charge is 2.08. The fourth-order valence-corrected chi connectivity index (χ4v) is 2.62. The van der Waals surface area contributed by atoms with E-state index in [0.717, 1.165) is 33.7 Å². The molecule has 112 valence electrons. The quantitative estimate of drug-likeness (QED) is 0.814. The Balaban J connectivity index is 2.11. The van der Waals surface area contributed by atoms with E-state index < -0.39 is 0 Å². The molecule has 2 rings (SSSR count). The highest BCUT2D eigenvalue weighted by molar-refractivity contribution is 9.10. The molecule has 0 amide bonds. The van der Waals surface area contributed by atoms with Crippen molar-refractivity contribution in [2.45, 2.75) is 27.0 Å². The smallest absolute Gasteiger partial charge is 0.142 e. The Morgan fingerprint density at radius 1 is 1.29 bits per heavy atom. The summed E-state index contributed by atoms with van der Waals surface area (Å²) in [6, 6.07) is 9.69. The predicted molar refractivity (Wildman–Crippen MR) is 89.8 cm³/mol. The van der Waals surface area contributed by atoms with Gasteiger partial charge in [0.1, 0.15) is 12.4 Å². The molecule has 0 fully saturated rings. The van der Waals surface area contributed by atoms with Gasteiger partial charge in [0, 0.05) is 27.3 Å². The van der Waals surface area contributed by atoms with Crippen molar-refractivity contribution in [3.05, 3.63) is 56.8 Å². The van der Waals surface area contributed by atoms with Crippen LogP contribution in [0.3, 0.4) is 0 Å². The highest BCUT2D eigenvalue weighted by Crippen LogP contribution is 2.24. The molecule has 0 bridgehead atoms. The number of hydrogen-bond acceptors (Lipinski definition) is 3. The Bertz CT molecular complexity index is 619. The third-order valence-electron chi connectivity index (χ3n) is 3.01. The number of rotatable bonds is 6. The van der Waals surface area contributed by atoms with Crippen LogP contribution < -0.4 is 10.1 Å². The van der Waals surface area contributed by atoms with Crippen LogP contribution >= 0.6 is 27.5 Å². The lowest BCUT2D eigenvalue weighted by Crippen LogP contribution is -2.14. The molecule has 0 aliphatic rings. The molecule has 0 spiro atoms. The maximum absolute atomic E-state index is 6.21. The molecule has 0 radical (unpaired) electrons. The molecule has 1 aromatic carbocycles. The van der Waals surface area contributed by atoms with Gasteiger partial charge in [0.25, 0.3) is 0 Å². The van der Waals surface area contributed by atoms with Crippen molar-refractivity contribution in [3.63, 3.8) is 0 Å². The molecular formula is C16H18BrClN2O. The van der Waals surface area contributed by atoms with Crippen molar-refractivity contribution in [1.82, 2.24) is 10.3 Å². The molecule has 0 atom stereocenters. The Morgan fingerprint density at radius 2 is 2.10 bits per heavy atom. The van der Waals surface area contributed by atoms with E-state index in [1.54, 1.807) is 0 Å². The van der Waals surface area contributed by atoms with E-state index in [-0.39, 0.29) is 0 Å². The zero-order chi connectivity index (χ0) is 15.2. The first-order chi connectivity index (χ1) is 10.1. The van der Waals surface area contributed by atoms with Crippen molar-refractivity contribution in [2.24, 2.45) is 0 Å². The summed E-state index contributed by atoms with van der Waals surface area (Å²) >= 11 is 9.60. The molecule has 1 N–H and O–H groups in total. The van der Waals surface area contributed by atoms with Crippen LogP contribution in [-0.4, -0.2) is 11.5 Å². The number of aryl methyl sites for hydroxylation is 1. The summed E-state index contributed by atoms with van der Waals surface area (Å²) in [5.74, 6) is 0.792. The van der Waals surface area contributed by atoms with Crippen LogP contribution in [0, 0.1) is 6.92 Å². The minimum atomic E-state index is 0.427. The summed E-state index contributed by atoms with van der Waals surface area (Å²) in [6.45, 7) is 6.06. The molecule has 0 saturated carbocycles. The Morgan fingerprint density at radius 3 is 2.81 bits per heavy atom. The first-order valence-electron chi connectivity index (χ1n) is 6.84. The number of nitrogens with one attached hydrogen (secondary N) is 1. The lowest BCUT2D eigenvalue weighted by atomic mass is 10.2. The predicted octanol–water partition coefficient (Wildman–Crippen LogP) is 4.49. The number of halogens is 2. The van der Waals surface area contributed by atoms with Gasteiger partial charge in [-0.2, -0.15) is 0 Å². The lowest BCUT2D eigenvalue weighted by molar-refractivity contribution is 0.300. The van der Waals surface area contributed by atoms with Crippen LogP contribution in [0.15, 0.2) is 34.8 Å². The van der Waals surface area contributed by atoms with Gasteiger partial charge in [-0.05, 0) is 37.7 Å². The van der Waals surface area contributed by atoms with Gasteiger partial charge < -0.3 is 10.1 Å². The Labute approximate surface area is 138 Å². The Hall–Kier alpha value is -1.10. The number of hydrogen-bond donors (Lipinski definition) is 1. The zero-order valence-electron chi connectivity index (χ0n) is 12.1. The molecule has 1 heterocycles. The van der Waals surface area contributed by atoms with Gasteiger partial charge in [-0.25, -0.2) is 0 Å². The summed E-state index contributed by atoms with van der Waals surface area (Å²) in [5.41, 5.74) is 2.86. The maximum Gasteiger partial charge on any atom is 0.142 e. The van der Waals surface area contributed by atoms with Crippen LogP contribution in [0.4, 0.5) is 0 Å². The van der Waals surface area contributed by atoms with Crippen molar-refractivity contribution >= 4 is 27.5 Å². The van der Waals surface area contributed by atoms with Crippen molar-refractivity contribution in [3.8, 4) is 5.75 Å². The van der Waals surface area contributed by atoms with E-state index in [2.05, 4.69) is 33.2 Å². The molecule has 0 saturated heterocycles. The van der Waals surface area contributed by atoms with E-state index >= 15 is 0 Å². The van der Waals surface area contributed by atoms with Gasteiger partial charge in [-0.15, -0.1) is 0 Å². The second-order valence-electron chi connectivity index (χ2n) is 4.70. The highest BCUT2D eigenvalue weighted by atomic mass is 79.9. The van der Waals surface area contributed by atoms with Crippen molar-refractivity contribution < 1.29 is 4.74 Å². The molecular weight excluding hydrogens is 352 g/mol. The van der Waals surface area contributed by atoms with E-state index in [1.807, 2.05) is 37.3 Å².